The van der Waals surface area contributed by atoms with Crippen molar-refractivity contribution in [2.24, 2.45) is 5.73 Å². The minimum Gasteiger partial charge on any atom is -0.325 e. The summed E-state index contributed by atoms with van der Waals surface area (Å²) >= 11 is 7.47. The third kappa shape index (κ3) is 4.28. The number of rotatable bonds is 4. The average molecular weight is 293 g/mol. The van der Waals surface area contributed by atoms with Crippen LogP contribution in [0.2, 0.25) is 5.02 Å². The fraction of sp³-hybridized carbons (Fsp3) is 0.0714. The summed E-state index contributed by atoms with van der Waals surface area (Å²) in [6.07, 6.45) is 0. The van der Waals surface area contributed by atoms with Gasteiger partial charge in [-0.15, -0.1) is 0 Å². The predicted octanol–water partition coefficient (Wildman–Crippen LogP) is 3.39. The van der Waals surface area contributed by atoms with Crippen LogP contribution < -0.4 is 11.1 Å². The highest BCUT2D eigenvalue weighted by Crippen LogP contribution is 2.29. The Kier molecular flexibility index (Phi) is 4.85. The van der Waals surface area contributed by atoms with Crippen LogP contribution in [0.25, 0.3) is 0 Å². The maximum atomic E-state index is 11.1. The normalized spacial score (nSPS) is 10.2. The van der Waals surface area contributed by atoms with Gasteiger partial charge in [0.2, 0.25) is 5.91 Å². The Balaban J connectivity index is 2.02. The van der Waals surface area contributed by atoms with Crippen molar-refractivity contribution in [1.29, 1.82) is 0 Å². The molecule has 0 aliphatic heterocycles. The Morgan fingerprint density at radius 1 is 1.05 bits per heavy atom. The minimum absolute atomic E-state index is 0.0126. The second-order valence-electron chi connectivity index (χ2n) is 3.83. The number of nitrogens with one attached hydrogen (secondary N) is 1. The van der Waals surface area contributed by atoms with Crippen molar-refractivity contribution in [2.45, 2.75) is 9.79 Å². The fourth-order valence-electron chi connectivity index (χ4n) is 1.46. The molecule has 0 aliphatic rings. The lowest BCUT2D eigenvalue weighted by molar-refractivity contribution is -0.114. The van der Waals surface area contributed by atoms with Gasteiger partial charge in [-0.25, -0.2) is 0 Å². The van der Waals surface area contributed by atoms with E-state index in [4.69, 9.17) is 17.3 Å². The highest BCUT2D eigenvalue weighted by Gasteiger charge is 2.01. The molecule has 0 unspecified atom stereocenters. The van der Waals surface area contributed by atoms with Crippen LogP contribution in [-0.2, 0) is 4.79 Å². The highest BCUT2D eigenvalue weighted by atomic mass is 35.5. The molecular weight excluding hydrogens is 280 g/mol. The summed E-state index contributed by atoms with van der Waals surface area (Å²) in [5.41, 5.74) is 5.98. The summed E-state index contributed by atoms with van der Waals surface area (Å²) in [6.45, 7) is -0.0126. The molecule has 0 saturated carbocycles. The van der Waals surface area contributed by atoms with Crippen LogP contribution in [-0.4, -0.2) is 12.5 Å². The molecule has 0 heterocycles. The van der Waals surface area contributed by atoms with Gasteiger partial charge in [0.1, 0.15) is 0 Å². The quantitative estimate of drug-likeness (QED) is 0.908. The van der Waals surface area contributed by atoms with E-state index in [2.05, 4.69) is 5.32 Å². The average Bonchev–Trinajstić information content (AvgIpc) is 2.43. The van der Waals surface area contributed by atoms with Crippen LogP contribution in [0.15, 0.2) is 58.3 Å². The van der Waals surface area contributed by atoms with Gasteiger partial charge in [0.25, 0.3) is 0 Å². The Morgan fingerprint density at radius 2 is 1.58 bits per heavy atom. The molecule has 98 valence electrons. The molecule has 0 fully saturated rings. The number of carbonyl (C=O) groups excluding carboxylic acids is 1. The molecule has 0 atom stereocenters. The van der Waals surface area contributed by atoms with Crippen molar-refractivity contribution in [1.82, 2.24) is 0 Å². The van der Waals surface area contributed by atoms with Crippen molar-refractivity contribution < 1.29 is 4.79 Å². The first-order valence-corrected chi connectivity index (χ1v) is 6.90. The van der Waals surface area contributed by atoms with Crippen LogP contribution in [0.4, 0.5) is 5.69 Å². The number of anilines is 1. The van der Waals surface area contributed by atoms with E-state index in [0.717, 1.165) is 20.5 Å². The highest BCUT2D eigenvalue weighted by molar-refractivity contribution is 7.99. The van der Waals surface area contributed by atoms with E-state index in [1.807, 2.05) is 48.5 Å². The van der Waals surface area contributed by atoms with Gasteiger partial charge in [-0.1, -0.05) is 23.4 Å². The molecule has 0 aliphatic carbocycles. The first kappa shape index (κ1) is 13.9. The Hall–Kier alpha value is -1.49. The van der Waals surface area contributed by atoms with Crippen molar-refractivity contribution in [3.05, 3.63) is 53.6 Å². The largest absolute Gasteiger partial charge is 0.325 e. The maximum absolute atomic E-state index is 11.1. The Morgan fingerprint density at radius 3 is 2.11 bits per heavy atom. The lowest BCUT2D eigenvalue weighted by atomic mass is 10.3. The molecule has 2 aromatic rings. The first-order valence-electron chi connectivity index (χ1n) is 5.71. The molecule has 0 saturated heterocycles. The summed E-state index contributed by atoms with van der Waals surface area (Å²) in [5, 5.41) is 3.43. The van der Waals surface area contributed by atoms with Crippen molar-refractivity contribution in [3.63, 3.8) is 0 Å². The summed E-state index contributed by atoms with van der Waals surface area (Å²) in [7, 11) is 0. The predicted molar refractivity (Wildman–Crippen MR) is 79.7 cm³/mol. The molecule has 2 rings (SSSR count). The topological polar surface area (TPSA) is 55.1 Å². The third-order valence-electron chi connectivity index (χ3n) is 2.37. The SMILES string of the molecule is NCC(=O)Nc1ccc(Sc2ccc(Cl)cc2)cc1. The molecule has 0 bridgehead atoms. The van der Waals surface area contributed by atoms with E-state index < -0.39 is 0 Å². The molecule has 3 nitrogen and oxygen atoms in total. The van der Waals surface area contributed by atoms with Gasteiger partial charge in [0, 0.05) is 20.5 Å². The number of halogens is 1. The zero-order chi connectivity index (χ0) is 13.7. The summed E-state index contributed by atoms with van der Waals surface area (Å²) in [5.74, 6) is -0.196. The standard InChI is InChI=1S/C14H13ClN2OS/c15-10-1-5-12(6-2-10)19-13-7-3-11(4-8-13)17-14(18)9-16/h1-8H,9,16H2,(H,17,18). The van der Waals surface area contributed by atoms with Gasteiger partial charge in [0.15, 0.2) is 0 Å². The molecule has 1 amide bonds. The molecule has 3 N–H and O–H groups in total. The lowest BCUT2D eigenvalue weighted by Gasteiger charge is -2.05. The Labute approximate surface area is 121 Å². The van der Waals surface area contributed by atoms with Gasteiger partial charge in [-0.05, 0) is 48.5 Å². The van der Waals surface area contributed by atoms with Gasteiger partial charge in [-0.2, -0.15) is 0 Å². The molecule has 2 aromatic carbocycles. The molecule has 19 heavy (non-hydrogen) atoms. The van der Waals surface area contributed by atoms with E-state index in [9.17, 15) is 4.79 Å². The molecule has 5 heteroatoms. The zero-order valence-electron chi connectivity index (χ0n) is 10.1. The monoisotopic (exact) mass is 292 g/mol. The molecule has 0 spiro atoms. The van der Waals surface area contributed by atoms with Gasteiger partial charge in [0.05, 0.1) is 6.54 Å². The van der Waals surface area contributed by atoms with E-state index >= 15 is 0 Å². The summed E-state index contributed by atoms with van der Waals surface area (Å²) in [4.78, 5) is 13.3. The van der Waals surface area contributed by atoms with E-state index in [0.29, 0.717) is 0 Å². The maximum Gasteiger partial charge on any atom is 0.238 e. The van der Waals surface area contributed by atoms with Crippen LogP contribution in [0.3, 0.4) is 0 Å². The van der Waals surface area contributed by atoms with Crippen molar-refractivity contribution in [3.8, 4) is 0 Å². The zero-order valence-corrected chi connectivity index (χ0v) is 11.7. The van der Waals surface area contributed by atoms with Crippen LogP contribution in [0.1, 0.15) is 0 Å². The second kappa shape index (κ2) is 6.61. The third-order valence-corrected chi connectivity index (χ3v) is 3.64. The molecule has 0 aromatic heterocycles. The number of carbonyl (C=O) groups is 1. The van der Waals surface area contributed by atoms with Crippen LogP contribution in [0.5, 0.6) is 0 Å². The van der Waals surface area contributed by atoms with Gasteiger partial charge < -0.3 is 11.1 Å². The minimum atomic E-state index is -0.196. The Bertz CT molecular complexity index is 555. The van der Waals surface area contributed by atoms with Crippen LogP contribution in [0, 0.1) is 0 Å². The lowest BCUT2D eigenvalue weighted by Crippen LogP contribution is -2.21. The number of nitrogens with two attached hydrogens (primary N) is 1. The van der Waals surface area contributed by atoms with Crippen molar-refractivity contribution >= 4 is 35.0 Å². The first-order chi connectivity index (χ1) is 9.17. The number of amides is 1. The van der Waals surface area contributed by atoms with Crippen LogP contribution >= 0.6 is 23.4 Å². The summed E-state index contributed by atoms with van der Waals surface area (Å²) < 4.78 is 0. The van der Waals surface area contributed by atoms with E-state index in [1.165, 1.54) is 0 Å². The van der Waals surface area contributed by atoms with Gasteiger partial charge in [-0.3, -0.25) is 4.79 Å². The van der Waals surface area contributed by atoms with E-state index in [1.54, 1.807) is 11.8 Å². The second-order valence-corrected chi connectivity index (χ2v) is 5.42. The smallest absolute Gasteiger partial charge is 0.238 e. The molecular formula is C14H13ClN2OS. The van der Waals surface area contributed by atoms with E-state index in [-0.39, 0.29) is 12.5 Å². The fourth-order valence-corrected chi connectivity index (χ4v) is 2.40. The number of hydrogen-bond donors (Lipinski definition) is 2. The number of hydrogen-bond acceptors (Lipinski definition) is 3. The number of benzene rings is 2. The summed E-state index contributed by atoms with van der Waals surface area (Å²) in [6, 6.07) is 15.3. The van der Waals surface area contributed by atoms with Crippen molar-refractivity contribution in [2.75, 3.05) is 11.9 Å². The molecule has 0 radical (unpaired) electrons. The van der Waals surface area contributed by atoms with Gasteiger partial charge >= 0.3 is 0 Å².